The number of imidazole rings is 1. The molecule has 2 amide bonds. The fourth-order valence-corrected chi connectivity index (χ4v) is 3.62. The lowest BCUT2D eigenvalue weighted by Gasteiger charge is -2.34. The number of nitrogens with one attached hydrogen (secondary N) is 2. The number of carbonyl (C=O) groups excluding carboxylic acids is 2. The zero-order chi connectivity index (χ0) is 21.1. The lowest BCUT2D eigenvalue weighted by molar-refractivity contribution is -0.126. The molecule has 4 rings (SSSR count). The minimum absolute atomic E-state index is 0.218. The van der Waals surface area contributed by atoms with Gasteiger partial charge in [-0.25, -0.2) is 4.98 Å². The third-order valence-electron chi connectivity index (χ3n) is 5.18. The number of hydrogen-bond donors (Lipinski definition) is 2. The molecular formula is C22H21ClN4O3. The van der Waals surface area contributed by atoms with Gasteiger partial charge < -0.3 is 19.9 Å². The number of hydrogen-bond acceptors (Lipinski definition) is 4. The number of benzene rings is 2. The van der Waals surface area contributed by atoms with Crippen LogP contribution in [-0.4, -0.2) is 39.8 Å². The van der Waals surface area contributed by atoms with E-state index in [0.717, 1.165) is 17.0 Å². The van der Waals surface area contributed by atoms with E-state index in [9.17, 15) is 9.59 Å². The molecule has 0 bridgehead atoms. The number of fused-ring (bicyclic) bond motifs is 1. The molecule has 2 N–H and O–H groups in total. The summed E-state index contributed by atoms with van der Waals surface area (Å²) in [6, 6.07) is 13.5. The third-order valence-corrected chi connectivity index (χ3v) is 5.43. The molecule has 0 radical (unpaired) electrons. The number of rotatable bonds is 5. The number of H-pyrrole nitrogens is 1. The first-order valence-corrected chi connectivity index (χ1v) is 9.91. The highest BCUT2D eigenvalue weighted by Gasteiger charge is 2.36. The molecule has 154 valence electrons. The van der Waals surface area contributed by atoms with Gasteiger partial charge in [0.15, 0.2) is 0 Å². The van der Waals surface area contributed by atoms with Crippen LogP contribution in [0.2, 0.25) is 5.02 Å². The van der Waals surface area contributed by atoms with E-state index in [0.29, 0.717) is 35.8 Å². The first-order chi connectivity index (χ1) is 14.5. The van der Waals surface area contributed by atoms with E-state index in [2.05, 4.69) is 15.3 Å². The van der Waals surface area contributed by atoms with Gasteiger partial charge in [0, 0.05) is 23.6 Å². The van der Waals surface area contributed by atoms with Crippen LogP contribution in [0.25, 0.3) is 0 Å². The number of ether oxygens (including phenoxy) is 1. The molecular weight excluding hydrogens is 404 g/mol. The lowest BCUT2D eigenvalue weighted by atomic mass is 10.00. The molecule has 1 aliphatic heterocycles. The minimum atomic E-state index is -0.650. The molecule has 3 aromatic rings. The molecule has 30 heavy (non-hydrogen) atoms. The summed E-state index contributed by atoms with van der Waals surface area (Å²) in [6.45, 7) is 0.643. The van der Waals surface area contributed by atoms with Gasteiger partial charge in [-0.3, -0.25) is 9.59 Å². The van der Waals surface area contributed by atoms with Gasteiger partial charge in [-0.1, -0.05) is 23.7 Å². The summed E-state index contributed by atoms with van der Waals surface area (Å²) >= 11 is 5.92. The first kappa shape index (κ1) is 20.0. The summed E-state index contributed by atoms with van der Waals surface area (Å²) in [5, 5.41) is 3.57. The highest BCUT2D eigenvalue weighted by molar-refractivity contribution is 6.30. The van der Waals surface area contributed by atoms with E-state index >= 15 is 0 Å². The van der Waals surface area contributed by atoms with Gasteiger partial charge in [-0.15, -0.1) is 0 Å². The molecule has 1 aromatic heterocycles. The van der Waals surface area contributed by atoms with Crippen LogP contribution in [0.5, 0.6) is 5.75 Å². The van der Waals surface area contributed by atoms with Crippen molar-refractivity contribution in [2.45, 2.75) is 25.6 Å². The van der Waals surface area contributed by atoms with Gasteiger partial charge in [0.05, 0.1) is 31.4 Å². The molecule has 0 saturated carbocycles. The summed E-state index contributed by atoms with van der Waals surface area (Å²) < 4.78 is 5.16. The number of amides is 2. The topological polar surface area (TPSA) is 87.3 Å². The maximum Gasteiger partial charge on any atom is 0.254 e. The van der Waals surface area contributed by atoms with Crippen LogP contribution in [0.15, 0.2) is 54.9 Å². The van der Waals surface area contributed by atoms with Crippen molar-refractivity contribution in [2.24, 2.45) is 0 Å². The van der Waals surface area contributed by atoms with Crippen LogP contribution >= 0.6 is 11.6 Å². The van der Waals surface area contributed by atoms with Gasteiger partial charge in [-0.05, 0) is 42.0 Å². The Morgan fingerprint density at radius 3 is 2.63 bits per heavy atom. The van der Waals surface area contributed by atoms with Crippen molar-refractivity contribution in [1.29, 1.82) is 0 Å². The fraction of sp³-hybridized carbons (Fsp3) is 0.227. The summed E-state index contributed by atoms with van der Waals surface area (Å²) in [6.07, 6.45) is 1.95. The molecule has 8 heteroatoms. The molecule has 7 nitrogen and oxygen atoms in total. The van der Waals surface area contributed by atoms with E-state index < -0.39 is 6.04 Å². The Balaban J connectivity index is 1.54. The zero-order valence-corrected chi connectivity index (χ0v) is 17.1. The second-order valence-corrected chi connectivity index (χ2v) is 7.49. The summed E-state index contributed by atoms with van der Waals surface area (Å²) in [5.41, 5.74) is 3.07. The van der Waals surface area contributed by atoms with Crippen molar-refractivity contribution in [3.8, 4) is 5.75 Å². The van der Waals surface area contributed by atoms with Crippen molar-refractivity contribution >= 4 is 23.4 Å². The van der Waals surface area contributed by atoms with E-state index in [4.69, 9.17) is 16.3 Å². The summed E-state index contributed by atoms with van der Waals surface area (Å²) in [7, 11) is 1.57. The van der Waals surface area contributed by atoms with E-state index in [1.165, 1.54) is 0 Å². The second kappa shape index (κ2) is 8.59. The monoisotopic (exact) mass is 424 g/mol. The Labute approximate surface area is 179 Å². The van der Waals surface area contributed by atoms with E-state index in [1.54, 1.807) is 54.7 Å². The predicted octanol–water partition coefficient (Wildman–Crippen LogP) is 2.96. The average molecular weight is 425 g/mol. The third kappa shape index (κ3) is 4.16. The average Bonchev–Trinajstić information content (AvgIpc) is 3.25. The minimum Gasteiger partial charge on any atom is -0.497 e. The van der Waals surface area contributed by atoms with Crippen molar-refractivity contribution in [2.75, 3.05) is 7.11 Å². The van der Waals surface area contributed by atoms with Gasteiger partial charge in [0.2, 0.25) is 5.91 Å². The number of methoxy groups -OCH3 is 1. The van der Waals surface area contributed by atoms with Crippen molar-refractivity contribution in [3.05, 3.63) is 82.4 Å². The molecule has 0 aliphatic carbocycles. The lowest BCUT2D eigenvalue weighted by Crippen LogP contribution is -2.52. The van der Waals surface area contributed by atoms with Crippen molar-refractivity contribution in [3.63, 3.8) is 0 Å². The number of aromatic amines is 1. The standard InChI is InChI=1S/C22H21ClN4O3/c1-30-17-8-4-15(5-9-17)22(29)27-12-19-18(25-13-26-19)10-20(27)21(28)24-11-14-2-6-16(23)7-3-14/h2-9,13,20H,10-12H2,1H3,(H,24,28)(H,25,26)/t20-/m0/s1. The Morgan fingerprint density at radius 1 is 1.20 bits per heavy atom. The highest BCUT2D eigenvalue weighted by atomic mass is 35.5. The normalized spacial score (nSPS) is 15.4. The van der Waals surface area contributed by atoms with Crippen LogP contribution in [0.1, 0.15) is 27.3 Å². The van der Waals surface area contributed by atoms with Gasteiger partial charge in [-0.2, -0.15) is 0 Å². The highest BCUT2D eigenvalue weighted by Crippen LogP contribution is 2.24. The fourth-order valence-electron chi connectivity index (χ4n) is 3.49. The van der Waals surface area contributed by atoms with Crippen LogP contribution < -0.4 is 10.1 Å². The summed E-state index contributed by atoms with van der Waals surface area (Å²) in [5.74, 6) is 0.225. The molecule has 0 fully saturated rings. The molecule has 0 unspecified atom stereocenters. The molecule has 0 saturated heterocycles. The molecule has 2 aromatic carbocycles. The van der Waals surface area contributed by atoms with Gasteiger partial charge >= 0.3 is 0 Å². The SMILES string of the molecule is COc1ccc(C(=O)N2Cc3[nH]cnc3C[C@H]2C(=O)NCc2ccc(Cl)cc2)cc1. The maximum absolute atomic E-state index is 13.2. The first-order valence-electron chi connectivity index (χ1n) is 9.53. The molecule has 1 atom stereocenters. The van der Waals surface area contributed by atoms with E-state index in [1.807, 2.05) is 12.1 Å². The van der Waals surface area contributed by atoms with Crippen molar-refractivity contribution in [1.82, 2.24) is 20.2 Å². The Bertz CT molecular complexity index is 1050. The van der Waals surface area contributed by atoms with E-state index in [-0.39, 0.29) is 11.8 Å². The zero-order valence-electron chi connectivity index (χ0n) is 16.4. The molecule has 1 aliphatic rings. The van der Waals surface area contributed by atoms with Crippen LogP contribution in [0.3, 0.4) is 0 Å². The second-order valence-electron chi connectivity index (χ2n) is 7.05. The molecule has 2 heterocycles. The van der Waals surface area contributed by atoms with Crippen molar-refractivity contribution < 1.29 is 14.3 Å². The van der Waals surface area contributed by atoms with Gasteiger partial charge in [0.1, 0.15) is 11.8 Å². The smallest absolute Gasteiger partial charge is 0.254 e. The summed E-state index contributed by atoms with van der Waals surface area (Å²) in [4.78, 5) is 35.2. The predicted molar refractivity (Wildman–Crippen MR) is 112 cm³/mol. The Hall–Kier alpha value is -3.32. The number of nitrogens with zero attached hydrogens (tertiary/aromatic N) is 2. The Morgan fingerprint density at radius 2 is 1.93 bits per heavy atom. The van der Waals surface area contributed by atoms with Crippen LogP contribution in [0, 0.1) is 0 Å². The van der Waals surface area contributed by atoms with Crippen LogP contribution in [0.4, 0.5) is 0 Å². The van der Waals surface area contributed by atoms with Gasteiger partial charge in [0.25, 0.3) is 5.91 Å². The maximum atomic E-state index is 13.2. The molecule has 0 spiro atoms. The Kier molecular flexibility index (Phi) is 5.72. The number of aromatic nitrogens is 2. The largest absolute Gasteiger partial charge is 0.497 e. The van der Waals surface area contributed by atoms with Crippen LogP contribution in [-0.2, 0) is 24.3 Å². The number of halogens is 1. The quantitative estimate of drug-likeness (QED) is 0.659. The number of carbonyl (C=O) groups is 2.